The Kier molecular flexibility index (Phi) is 4.11. The summed E-state index contributed by atoms with van der Waals surface area (Å²) in [6.45, 7) is -1.54. The third kappa shape index (κ3) is 3.10. The van der Waals surface area contributed by atoms with Crippen molar-refractivity contribution in [3.8, 4) is 0 Å². The zero-order valence-electron chi connectivity index (χ0n) is 11.7. The first-order valence-electron chi connectivity index (χ1n) is 6.52. The van der Waals surface area contributed by atoms with Crippen LogP contribution in [0.3, 0.4) is 0 Å². The van der Waals surface area contributed by atoms with Gasteiger partial charge in [-0.15, -0.1) is 0 Å². The largest absolute Gasteiger partial charge is 0.382 e. The van der Waals surface area contributed by atoms with Crippen molar-refractivity contribution in [3.63, 3.8) is 0 Å². The second-order valence-corrected chi connectivity index (χ2v) is 9.13. The van der Waals surface area contributed by atoms with Gasteiger partial charge < -0.3 is 15.0 Å². The summed E-state index contributed by atoms with van der Waals surface area (Å²) >= 11 is 3.83. The molecule has 1 aliphatic rings. The van der Waals surface area contributed by atoms with Crippen molar-refractivity contribution in [2.75, 3.05) is 19.0 Å². The summed E-state index contributed by atoms with van der Waals surface area (Å²) in [6.07, 6.45) is 0.157. The van der Waals surface area contributed by atoms with Crippen LogP contribution in [-0.4, -0.2) is 45.1 Å². The molecule has 0 radical (unpaired) electrons. The van der Waals surface area contributed by atoms with Crippen molar-refractivity contribution >= 4 is 35.8 Å². The summed E-state index contributed by atoms with van der Waals surface area (Å²) in [5.74, 6) is 0.221. The van der Waals surface area contributed by atoms with Crippen LogP contribution in [0.4, 0.5) is 10.2 Å². The highest BCUT2D eigenvalue weighted by atomic mass is 32.7. The number of thiol groups is 1. The molecule has 1 fully saturated rings. The number of nitrogens with zero attached hydrogens (tertiary/aromatic N) is 4. The van der Waals surface area contributed by atoms with Crippen molar-refractivity contribution in [1.82, 2.24) is 19.5 Å². The summed E-state index contributed by atoms with van der Waals surface area (Å²) in [4.78, 5) is 12.0. The quantitative estimate of drug-likeness (QED) is 0.642. The molecule has 1 saturated heterocycles. The number of hydrogen-bond acceptors (Lipinski definition) is 7. The van der Waals surface area contributed by atoms with Crippen molar-refractivity contribution in [2.45, 2.75) is 24.9 Å². The van der Waals surface area contributed by atoms with E-state index in [0.29, 0.717) is 11.2 Å². The molecule has 120 valence electrons. The van der Waals surface area contributed by atoms with Gasteiger partial charge in [0.25, 0.3) is 6.57 Å². The second kappa shape index (κ2) is 5.77. The molecule has 11 heteroatoms. The molecule has 1 aliphatic heterocycles. The molecule has 0 aromatic carbocycles. The first-order chi connectivity index (χ1) is 10.3. The number of aromatic nitrogens is 4. The molecule has 0 bridgehead atoms. The maximum atomic E-state index is 14.3. The minimum Gasteiger partial charge on any atom is -0.382 e. The lowest BCUT2D eigenvalue weighted by Crippen LogP contribution is -2.17. The predicted octanol–water partition coefficient (Wildman–Crippen LogP) is 1.80. The molecule has 0 aliphatic carbocycles. The Bertz CT molecular complexity index is 738. The molecule has 0 amide bonds. The lowest BCUT2D eigenvalue weighted by molar-refractivity contribution is -0.0304. The number of nitrogen functional groups attached to an aromatic ring is 1. The fraction of sp³-hybridized carbons (Fsp3) is 0.545. The number of rotatable bonds is 4. The molecule has 3 rings (SSSR count). The minimum atomic E-state index is -2.93. The smallest absolute Gasteiger partial charge is 0.251 e. The molecule has 2 aromatic rings. The van der Waals surface area contributed by atoms with Gasteiger partial charge in [-0.05, 0) is 0 Å². The van der Waals surface area contributed by atoms with E-state index in [1.807, 2.05) is 0 Å². The van der Waals surface area contributed by atoms with Crippen LogP contribution in [0.15, 0.2) is 12.7 Å². The van der Waals surface area contributed by atoms with Crippen LogP contribution >= 0.6 is 18.8 Å². The Morgan fingerprint density at radius 2 is 2.36 bits per heavy atom. The normalized spacial score (nSPS) is 28.0. The van der Waals surface area contributed by atoms with E-state index in [0.717, 1.165) is 0 Å². The average molecular weight is 347 g/mol. The number of anilines is 1. The topological polar surface area (TPSA) is 105 Å². The van der Waals surface area contributed by atoms with Gasteiger partial charge in [-0.25, -0.2) is 19.3 Å². The van der Waals surface area contributed by atoms with Gasteiger partial charge in [0.15, 0.2) is 17.7 Å². The van der Waals surface area contributed by atoms with Gasteiger partial charge in [0.2, 0.25) is 0 Å². The van der Waals surface area contributed by atoms with Gasteiger partial charge in [-0.2, -0.15) is 0 Å². The van der Waals surface area contributed by atoms with Crippen molar-refractivity contribution < 1.29 is 18.2 Å². The summed E-state index contributed by atoms with van der Waals surface area (Å²) in [7, 11) is 0. The molecular weight excluding hydrogens is 332 g/mol. The standard InChI is InChI=1S/C11H15FN5O3PS/c1-21(18,22)19-3-6-2-7(12)11(20-6)17-5-16-8-9(13)14-4-15-10(8)17/h4-7,11H,2-3H2,1H3,(H,18,22)(H2,13,14,15)/t6-,7-,11?,21?/m0/s1. The highest BCUT2D eigenvalue weighted by Gasteiger charge is 2.38. The number of alkyl halides is 1. The number of fused-ring (bicyclic) bond motifs is 1. The maximum Gasteiger partial charge on any atom is 0.251 e. The molecule has 8 nitrogen and oxygen atoms in total. The number of hydrogen-bond donors (Lipinski definition) is 2. The van der Waals surface area contributed by atoms with E-state index in [9.17, 15) is 8.96 Å². The van der Waals surface area contributed by atoms with Gasteiger partial charge in [0.05, 0.1) is 19.0 Å². The van der Waals surface area contributed by atoms with E-state index < -0.39 is 25.1 Å². The maximum absolute atomic E-state index is 14.3. The van der Waals surface area contributed by atoms with Gasteiger partial charge in [0.1, 0.15) is 18.0 Å². The van der Waals surface area contributed by atoms with Crippen LogP contribution in [0, 0.1) is 0 Å². The highest BCUT2D eigenvalue weighted by molar-refractivity contribution is 8.46. The van der Waals surface area contributed by atoms with Crippen molar-refractivity contribution in [1.29, 1.82) is 0 Å². The summed E-state index contributed by atoms with van der Waals surface area (Å²) in [5.41, 5.74) is 6.50. The van der Waals surface area contributed by atoms with Gasteiger partial charge in [0, 0.05) is 13.1 Å². The van der Waals surface area contributed by atoms with Crippen molar-refractivity contribution in [3.05, 3.63) is 12.7 Å². The average Bonchev–Trinajstić information content (AvgIpc) is 3.00. The SMILES string of the molecule is CP(=O)(S)OC[C@@H]1C[C@H](F)C(n2cnc3c(N)ncnc32)O1. The van der Waals surface area contributed by atoms with Crippen molar-refractivity contribution in [2.24, 2.45) is 0 Å². The van der Waals surface area contributed by atoms with E-state index in [2.05, 4.69) is 27.2 Å². The Balaban J connectivity index is 1.80. The summed E-state index contributed by atoms with van der Waals surface area (Å²) < 4.78 is 37.9. The van der Waals surface area contributed by atoms with Crippen LogP contribution in [0.2, 0.25) is 0 Å². The van der Waals surface area contributed by atoms with Gasteiger partial charge in [-0.3, -0.25) is 9.13 Å². The Morgan fingerprint density at radius 3 is 3.09 bits per heavy atom. The van der Waals surface area contributed by atoms with E-state index >= 15 is 0 Å². The van der Waals surface area contributed by atoms with Crippen LogP contribution in [0.1, 0.15) is 12.6 Å². The first-order valence-corrected chi connectivity index (χ1v) is 9.75. The highest BCUT2D eigenvalue weighted by Crippen LogP contribution is 2.48. The zero-order chi connectivity index (χ0) is 15.9. The summed E-state index contributed by atoms with van der Waals surface area (Å²) in [5, 5.41) is 0. The fourth-order valence-corrected chi connectivity index (χ4v) is 2.97. The van der Waals surface area contributed by atoms with Crippen LogP contribution < -0.4 is 5.73 Å². The van der Waals surface area contributed by atoms with E-state index in [1.165, 1.54) is 23.9 Å². The Hall–Kier alpha value is -1.22. The third-order valence-electron chi connectivity index (χ3n) is 3.29. The molecule has 2 unspecified atom stereocenters. The number of nitrogens with two attached hydrogens (primary N) is 1. The lowest BCUT2D eigenvalue weighted by atomic mass is 10.2. The predicted molar refractivity (Wildman–Crippen MR) is 81.6 cm³/mol. The molecule has 22 heavy (non-hydrogen) atoms. The molecule has 0 spiro atoms. The molecule has 2 N–H and O–H groups in total. The van der Waals surface area contributed by atoms with Gasteiger partial charge in [-0.1, -0.05) is 12.2 Å². The Labute approximate surface area is 130 Å². The molecule has 0 saturated carbocycles. The van der Waals surface area contributed by atoms with E-state index in [4.69, 9.17) is 15.0 Å². The van der Waals surface area contributed by atoms with Crippen LogP contribution in [-0.2, 0) is 13.8 Å². The van der Waals surface area contributed by atoms with Gasteiger partial charge >= 0.3 is 0 Å². The minimum absolute atomic E-state index is 0.0119. The molecule has 2 aromatic heterocycles. The third-order valence-corrected chi connectivity index (χ3v) is 4.27. The fourth-order valence-electron chi connectivity index (χ4n) is 2.33. The zero-order valence-corrected chi connectivity index (χ0v) is 13.5. The Morgan fingerprint density at radius 1 is 1.59 bits per heavy atom. The van der Waals surface area contributed by atoms with E-state index in [-0.39, 0.29) is 18.8 Å². The van der Waals surface area contributed by atoms with Crippen LogP contribution in [0.5, 0.6) is 0 Å². The molecule has 3 heterocycles. The lowest BCUT2D eigenvalue weighted by Gasteiger charge is -2.16. The molecule has 4 atom stereocenters. The van der Waals surface area contributed by atoms with E-state index in [1.54, 1.807) is 0 Å². The summed E-state index contributed by atoms with van der Waals surface area (Å²) in [6, 6.07) is 0. The monoisotopic (exact) mass is 347 g/mol. The first kappa shape index (κ1) is 15.7. The van der Waals surface area contributed by atoms with Crippen LogP contribution in [0.25, 0.3) is 11.2 Å². The number of ether oxygens (including phenoxy) is 1. The number of halogens is 1. The second-order valence-electron chi connectivity index (χ2n) is 5.08. The number of imidazole rings is 1. The molecular formula is C11H15FN5O3PS.